The third-order valence-electron chi connectivity index (χ3n) is 3.26. The van der Waals surface area contributed by atoms with Crippen LogP contribution in [0.3, 0.4) is 0 Å². The lowest BCUT2D eigenvalue weighted by molar-refractivity contribution is -0.124. The molecule has 4 heteroatoms. The molecule has 1 saturated carbocycles. The standard InChI is InChI=1S/C13H18N2O2/c1-8(9-3-2-4-10(14)5-9)13(17)15-11-6-12(16)7-11/h2-5,8,11-12,16H,6-7,14H2,1H3,(H,15,17). The van der Waals surface area contributed by atoms with Crippen molar-refractivity contribution in [3.63, 3.8) is 0 Å². The molecule has 0 heterocycles. The minimum absolute atomic E-state index is 0.00694. The molecular formula is C13H18N2O2. The Morgan fingerprint density at radius 2 is 2.24 bits per heavy atom. The van der Waals surface area contributed by atoms with Crippen LogP contribution in [-0.2, 0) is 4.79 Å². The fourth-order valence-corrected chi connectivity index (χ4v) is 2.01. The molecule has 1 aliphatic rings. The van der Waals surface area contributed by atoms with Gasteiger partial charge in [0, 0.05) is 11.7 Å². The zero-order valence-corrected chi connectivity index (χ0v) is 9.89. The predicted octanol–water partition coefficient (Wildman–Crippen LogP) is 1.01. The van der Waals surface area contributed by atoms with Gasteiger partial charge in [0.1, 0.15) is 0 Å². The summed E-state index contributed by atoms with van der Waals surface area (Å²) < 4.78 is 0. The van der Waals surface area contributed by atoms with Crippen LogP contribution in [-0.4, -0.2) is 23.2 Å². The minimum Gasteiger partial charge on any atom is -0.399 e. The maximum atomic E-state index is 11.9. The Morgan fingerprint density at radius 3 is 2.82 bits per heavy atom. The number of hydrogen-bond acceptors (Lipinski definition) is 3. The maximum absolute atomic E-state index is 11.9. The third-order valence-corrected chi connectivity index (χ3v) is 3.26. The number of aliphatic hydroxyl groups excluding tert-OH is 1. The maximum Gasteiger partial charge on any atom is 0.227 e. The second-order valence-corrected chi connectivity index (χ2v) is 4.72. The van der Waals surface area contributed by atoms with E-state index in [-0.39, 0.29) is 24.0 Å². The molecule has 92 valence electrons. The highest BCUT2D eigenvalue weighted by atomic mass is 16.3. The molecule has 1 aromatic rings. The van der Waals surface area contributed by atoms with Crippen LogP contribution in [0.5, 0.6) is 0 Å². The summed E-state index contributed by atoms with van der Waals surface area (Å²) in [5.41, 5.74) is 7.28. The summed E-state index contributed by atoms with van der Waals surface area (Å²) in [5, 5.41) is 12.1. The molecule has 2 rings (SSSR count). The van der Waals surface area contributed by atoms with Crippen LogP contribution in [0.1, 0.15) is 31.2 Å². The van der Waals surface area contributed by atoms with E-state index in [1.165, 1.54) is 0 Å². The molecule has 0 bridgehead atoms. The van der Waals surface area contributed by atoms with Crippen molar-refractivity contribution < 1.29 is 9.90 Å². The van der Waals surface area contributed by atoms with Gasteiger partial charge in [-0.25, -0.2) is 0 Å². The van der Waals surface area contributed by atoms with Crippen LogP contribution < -0.4 is 11.1 Å². The number of aliphatic hydroxyl groups is 1. The lowest BCUT2D eigenvalue weighted by atomic mass is 9.88. The van der Waals surface area contributed by atoms with Crippen molar-refractivity contribution in [1.29, 1.82) is 0 Å². The second kappa shape index (κ2) is 4.75. The lowest BCUT2D eigenvalue weighted by Crippen LogP contribution is -2.47. The average Bonchev–Trinajstić information content (AvgIpc) is 2.26. The van der Waals surface area contributed by atoms with E-state index in [0.29, 0.717) is 18.5 Å². The molecule has 1 atom stereocenters. The average molecular weight is 234 g/mol. The molecule has 0 radical (unpaired) electrons. The van der Waals surface area contributed by atoms with E-state index in [1.54, 1.807) is 6.07 Å². The number of nitrogen functional groups attached to an aromatic ring is 1. The van der Waals surface area contributed by atoms with Crippen molar-refractivity contribution in [2.24, 2.45) is 0 Å². The number of anilines is 1. The predicted molar refractivity (Wildman–Crippen MR) is 66.4 cm³/mol. The molecule has 4 nitrogen and oxygen atoms in total. The van der Waals surface area contributed by atoms with Crippen LogP contribution >= 0.6 is 0 Å². The monoisotopic (exact) mass is 234 g/mol. The molecule has 1 unspecified atom stereocenters. The zero-order valence-electron chi connectivity index (χ0n) is 9.89. The highest BCUT2D eigenvalue weighted by Gasteiger charge is 2.29. The summed E-state index contributed by atoms with van der Waals surface area (Å²) in [7, 11) is 0. The fourth-order valence-electron chi connectivity index (χ4n) is 2.01. The topological polar surface area (TPSA) is 75.3 Å². The van der Waals surface area contributed by atoms with Crippen LogP contribution in [0, 0.1) is 0 Å². The van der Waals surface area contributed by atoms with Crippen molar-refractivity contribution in [3.8, 4) is 0 Å². The van der Waals surface area contributed by atoms with Gasteiger partial charge in [-0.1, -0.05) is 12.1 Å². The van der Waals surface area contributed by atoms with Gasteiger partial charge in [-0.2, -0.15) is 0 Å². The summed E-state index contributed by atoms with van der Waals surface area (Å²) in [6.45, 7) is 1.86. The summed E-state index contributed by atoms with van der Waals surface area (Å²) in [6, 6.07) is 7.50. The van der Waals surface area contributed by atoms with Crippen LogP contribution in [0.25, 0.3) is 0 Å². The molecular weight excluding hydrogens is 216 g/mol. The molecule has 4 N–H and O–H groups in total. The number of nitrogens with one attached hydrogen (secondary N) is 1. The van der Waals surface area contributed by atoms with Crippen molar-refractivity contribution in [1.82, 2.24) is 5.32 Å². The summed E-state index contributed by atoms with van der Waals surface area (Å²) in [6.07, 6.45) is 1.08. The van der Waals surface area contributed by atoms with Gasteiger partial charge in [0.25, 0.3) is 0 Å². The van der Waals surface area contributed by atoms with Gasteiger partial charge in [0.2, 0.25) is 5.91 Å². The Kier molecular flexibility index (Phi) is 3.33. The Balaban J connectivity index is 1.95. The molecule has 1 fully saturated rings. The van der Waals surface area contributed by atoms with Crippen LogP contribution in [0.4, 0.5) is 5.69 Å². The summed E-state index contributed by atoms with van der Waals surface area (Å²) in [5.74, 6) is -0.219. The molecule has 0 aliphatic heterocycles. The molecule has 1 aromatic carbocycles. The summed E-state index contributed by atoms with van der Waals surface area (Å²) in [4.78, 5) is 11.9. The van der Waals surface area contributed by atoms with E-state index in [0.717, 1.165) is 5.56 Å². The van der Waals surface area contributed by atoms with Gasteiger partial charge in [-0.05, 0) is 37.5 Å². The normalized spacial score (nSPS) is 24.8. The first-order valence-corrected chi connectivity index (χ1v) is 5.90. The molecule has 1 aliphatic carbocycles. The van der Waals surface area contributed by atoms with Crippen molar-refractivity contribution >= 4 is 11.6 Å². The van der Waals surface area contributed by atoms with Crippen molar-refractivity contribution in [3.05, 3.63) is 29.8 Å². The lowest BCUT2D eigenvalue weighted by Gasteiger charge is -2.32. The number of hydrogen-bond donors (Lipinski definition) is 3. The van der Waals surface area contributed by atoms with Gasteiger partial charge >= 0.3 is 0 Å². The largest absolute Gasteiger partial charge is 0.399 e. The first-order valence-electron chi connectivity index (χ1n) is 5.90. The van der Waals surface area contributed by atoms with Gasteiger partial charge < -0.3 is 16.2 Å². The Hall–Kier alpha value is -1.55. The Morgan fingerprint density at radius 1 is 1.53 bits per heavy atom. The number of rotatable bonds is 3. The van der Waals surface area contributed by atoms with Crippen molar-refractivity contribution in [2.75, 3.05) is 5.73 Å². The highest BCUT2D eigenvalue weighted by Crippen LogP contribution is 2.22. The number of amides is 1. The zero-order chi connectivity index (χ0) is 12.4. The first kappa shape index (κ1) is 11.9. The first-order chi connectivity index (χ1) is 8.06. The van der Waals surface area contributed by atoms with E-state index >= 15 is 0 Å². The molecule has 0 aromatic heterocycles. The quantitative estimate of drug-likeness (QED) is 0.683. The highest BCUT2D eigenvalue weighted by molar-refractivity contribution is 5.83. The molecule has 0 saturated heterocycles. The minimum atomic E-state index is -0.247. The van der Waals surface area contributed by atoms with E-state index in [9.17, 15) is 4.79 Å². The fraction of sp³-hybridized carbons (Fsp3) is 0.462. The van der Waals surface area contributed by atoms with Crippen LogP contribution in [0.15, 0.2) is 24.3 Å². The number of benzene rings is 1. The SMILES string of the molecule is CC(C(=O)NC1CC(O)C1)c1cccc(N)c1. The molecule has 0 spiro atoms. The second-order valence-electron chi connectivity index (χ2n) is 4.72. The Labute approximate surface area is 101 Å². The van der Waals surface area contributed by atoms with E-state index in [2.05, 4.69) is 5.32 Å². The summed E-state index contributed by atoms with van der Waals surface area (Å²) >= 11 is 0. The number of nitrogens with two attached hydrogens (primary N) is 1. The van der Waals surface area contributed by atoms with E-state index in [4.69, 9.17) is 10.8 Å². The van der Waals surface area contributed by atoms with Gasteiger partial charge in [-0.3, -0.25) is 4.79 Å². The van der Waals surface area contributed by atoms with E-state index < -0.39 is 0 Å². The van der Waals surface area contributed by atoms with E-state index in [1.807, 2.05) is 25.1 Å². The van der Waals surface area contributed by atoms with Gasteiger partial charge in [0.15, 0.2) is 0 Å². The molecule has 17 heavy (non-hydrogen) atoms. The third kappa shape index (κ3) is 2.77. The van der Waals surface area contributed by atoms with Gasteiger partial charge in [0.05, 0.1) is 12.0 Å². The Bertz CT molecular complexity index is 414. The molecule has 1 amide bonds. The van der Waals surface area contributed by atoms with Crippen LogP contribution in [0.2, 0.25) is 0 Å². The van der Waals surface area contributed by atoms with Gasteiger partial charge in [-0.15, -0.1) is 0 Å². The van der Waals surface area contributed by atoms with Crippen molar-refractivity contribution in [2.45, 2.75) is 37.8 Å². The smallest absolute Gasteiger partial charge is 0.227 e. The number of carbonyl (C=O) groups excluding carboxylic acids is 1. The number of carbonyl (C=O) groups is 1.